The van der Waals surface area contributed by atoms with E-state index in [9.17, 15) is 4.79 Å². The van der Waals surface area contributed by atoms with Crippen LogP contribution in [0.1, 0.15) is 22.0 Å². The highest BCUT2D eigenvalue weighted by Crippen LogP contribution is 2.29. The second-order valence-electron chi connectivity index (χ2n) is 3.38. The van der Waals surface area contributed by atoms with Gasteiger partial charge in [0, 0.05) is 4.88 Å². The van der Waals surface area contributed by atoms with Crippen molar-refractivity contribution in [2.75, 3.05) is 0 Å². The number of nitrogens with zero attached hydrogens (tertiary/aromatic N) is 1. The summed E-state index contributed by atoms with van der Waals surface area (Å²) in [5, 5.41) is 9.91. The highest BCUT2D eigenvalue weighted by molar-refractivity contribution is 7.11. The van der Waals surface area contributed by atoms with Crippen molar-refractivity contribution in [1.82, 2.24) is 4.98 Å². The molecule has 2 rings (SSSR count). The summed E-state index contributed by atoms with van der Waals surface area (Å²) in [6.07, 6.45) is 2.25. The van der Waals surface area contributed by atoms with Crippen molar-refractivity contribution < 1.29 is 9.90 Å². The maximum absolute atomic E-state index is 10.8. The molecule has 3 nitrogen and oxygen atoms in total. The summed E-state index contributed by atoms with van der Waals surface area (Å²) in [5.74, 6) is -0.857. The van der Waals surface area contributed by atoms with Gasteiger partial charge in [-0.15, -0.1) is 11.3 Å². The Morgan fingerprint density at radius 1 is 1.69 bits per heavy atom. The van der Waals surface area contributed by atoms with Crippen LogP contribution in [-0.2, 0) is 17.6 Å². The molecule has 0 fully saturated rings. The average Bonchev–Trinajstić information content (AvgIpc) is 2.42. The predicted octanol–water partition coefficient (Wildman–Crippen LogP) is 1.64. The first-order valence-electron chi connectivity index (χ1n) is 4.35. The molecule has 0 saturated heterocycles. The molecule has 1 aliphatic carbocycles. The smallest absolute Gasteiger partial charge is 0.306 e. The number of aryl methyl sites for hydroxylation is 2. The number of carboxylic acid groups (broad SMARTS) is 1. The summed E-state index contributed by atoms with van der Waals surface area (Å²) in [6, 6.07) is 0. The molecule has 0 bridgehead atoms. The molecule has 70 valence electrons. The number of fused-ring (bicyclic) bond motifs is 1. The van der Waals surface area contributed by atoms with Gasteiger partial charge in [-0.2, -0.15) is 0 Å². The minimum atomic E-state index is -0.670. The molecule has 1 atom stereocenters. The Labute approximate surface area is 80.4 Å². The van der Waals surface area contributed by atoms with Crippen LogP contribution in [0.25, 0.3) is 0 Å². The van der Waals surface area contributed by atoms with Gasteiger partial charge in [-0.25, -0.2) is 4.98 Å². The number of hydrogen-bond donors (Lipinski definition) is 1. The molecule has 0 aliphatic heterocycles. The molecule has 1 aromatic heterocycles. The fraction of sp³-hybridized carbons (Fsp3) is 0.556. The topological polar surface area (TPSA) is 50.2 Å². The molecule has 1 aliphatic rings. The van der Waals surface area contributed by atoms with E-state index in [0.717, 1.165) is 23.5 Å². The highest BCUT2D eigenvalue weighted by Gasteiger charge is 2.26. The fourth-order valence-corrected chi connectivity index (χ4v) is 2.78. The molecular weight excluding hydrogens is 186 g/mol. The first-order chi connectivity index (χ1) is 6.16. The predicted molar refractivity (Wildman–Crippen MR) is 50.0 cm³/mol. The molecule has 0 radical (unpaired) electrons. The Hall–Kier alpha value is -0.900. The van der Waals surface area contributed by atoms with Crippen molar-refractivity contribution in [3.63, 3.8) is 0 Å². The fourth-order valence-electron chi connectivity index (χ4n) is 1.71. The van der Waals surface area contributed by atoms with Gasteiger partial charge in [0.05, 0.1) is 16.6 Å². The lowest BCUT2D eigenvalue weighted by atomic mass is 9.91. The van der Waals surface area contributed by atoms with Gasteiger partial charge in [0.25, 0.3) is 0 Å². The zero-order chi connectivity index (χ0) is 9.42. The zero-order valence-electron chi connectivity index (χ0n) is 7.41. The maximum atomic E-state index is 10.8. The number of rotatable bonds is 1. The van der Waals surface area contributed by atoms with E-state index in [2.05, 4.69) is 4.98 Å². The Morgan fingerprint density at radius 3 is 3.15 bits per heavy atom. The summed E-state index contributed by atoms with van der Waals surface area (Å²) in [7, 11) is 0. The molecule has 1 heterocycles. The largest absolute Gasteiger partial charge is 0.481 e. The lowest BCUT2D eigenvalue weighted by molar-refractivity contribution is -0.142. The van der Waals surface area contributed by atoms with Gasteiger partial charge < -0.3 is 5.11 Å². The third-order valence-electron chi connectivity index (χ3n) is 2.40. The van der Waals surface area contributed by atoms with Crippen molar-refractivity contribution in [1.29, 1.82) is 0 Å². The molecule has 0 spiro atoms. The van der Waals surface area contributed by atoms with Crippen molar-refractivity contribution in [2.24, 2.45) is 5.92 Å². The van der Waals surface area contributed by atoms with Gasteiger partial charge in [-0.3, -0.25) is 4.79 Å². The minimum Gasteiger partial charge on any atom is -0.481 e. The van der Waals surface area contributed by atoms with E-state index in [4.69, 9.17) is 5.11 Å². The van der Waals surface area contributed by atoms with Crippen LogP contribution in [0.2, 0.25) is 0 Å². The van der Waals surface area contributed by atoms with Crippen molar-refractivity contribution >= 4 is 17.3 Å². The van der Waals surface area contributed by atoms with Crippen LogP contribution in [0, 0.1) is 12.8 Å². The molecule has 0 saturated carbocycles. The van der Waals surface area contributed by atoms with Crippen LogP contribution >= 0.6 is 11.3 Å². The van der Waals surface area contributed by atoms with Crippen LogP contribution in [0.3, 0.4) is 0 Å². The maximum Gasteiger partial charge on any atom is 0.306 e. The Bertz CT molecular complexity index is 345. The number of carboxylic acids is 1. The third-order valence-corrected chi connectivity index (χ3v) is 3.43. The lowest BCUT2D eigenvalue weighted by Gasteiger charge is -2.16. The van der Waals surface area contributed by atoms with Crippen molar-refractivity contribution in [3.8, 4) is 0 Å². The van der Waals surface area contributed by atoms with Gasteiger partial charge >= 0.3 is 5.97 Å². The molecular formula is C9H11NO2S. The quantitative estimate of drug-likeness (QED) is 0.744. The highest BCUT2D eigenvalue weighted by atomic mass is 32.1. The molecule has 0 amide bonds. The van der Waals surface area contributed by atoms with Gasteiger partial charge in [-0.1, -0.05) is 0 Å². The van der Waals surface area contributed by atoms with E-state index in [0.29, 0.717) is 6.42 Å². The second-order valence-corrected chi connectivity index (χ2v) is 4.67. The number of hydrogen-bond acceptors (Lipinski definition) is 3. The number of carbonyl (C=O) groups is 1. The monoisotopic (exact) mass is 197 g/mol. The summed E-state index contributed by atoms with van der Waals surface area (Å²) in [6.45, 7) is 1.97. The number of aliphatic carboxylic acids is 1. The molecule has 1 N–H and O–H groups in total. The Kier molecular flexibility index (Phi) is 2.07. The number of thiazole rings is 1. The first-order valence-corrected chi connectivity index (χ1v) is 5.16. The molecule has 0 aromatic carbocycles. The Balaban J connectivity index is 2.24. The third kappa shape index (κ3) is 1.58. The first kappa shape index (κ1) is 8.69. The van der Waals surface area contributed by atoms with Crippen LogP contribution < -0.4 is 0 Å². The van der Waals surface area contributed by atoms with E-state index in [1.165, 1.54) is 4.88 Å². The van der Waals surface area contributed by atoms with E-state index >= 15 is 0 Å². The van der Waals surface area contributed by atoms with Gasteiger partial charge in [-0.05, 0) is 26.2 Å². The summed E-state index contributed by atoms with van der Waals surface area (Å²) in [4.78, 5) is 16.3. The zero-order valence-corrected chi connectivity index (χ0v) is 8.23. The van der Waals surface area contributed by atoms with Crippen LogP contribution in [0.5, 0.6) is 0 Å². The van der Waals surface area contributed by atoms with Crippen LogP contribution in [0.4, 0.5) is 0 Å². The van der Waals surface area contributed by atoms with Gasteiger partial charge in [0.1, 0.15) is 0 Å². The normalized spacial score (nSPS) is 21.2. The summed E-state index contributed by atoms with van der Waals surface area (Å²) in [5.41, 5.74) is 1.13. The summed E-state index contributed by atoms with van der Waals surface area (Å²) >= 11 is 1.64. The van der Waals surface area contributed by atoms with Gasteiger partial charge in [0.15, 0.2) is 0 Å². The van der Waals surface area contributed by atoms with Crippen molar-refractivity contribution in [2.45, 2.75) is 26.2 Å². The van der Waals surface area contributed by atoms with E-state index in [-0.39, 0.29) is 5.92 Å². The lowest BCUT2D eigenvalue weighted by Crippen LogP contribution is -2.21. The van der Waals surface area contributed by atoms with Crippen molar-refractivity contribution in [3.05, 3.63) is 15.6 Å². The van der Waals surface area contributed by atoms with E-state index in [1.807, 2.05) is 6.92 Å². The molecule has 1 aromatic rings. The molecule has 1 unspecified atom stereocenters. The number of aromatic nitrogens is 1. The van der Waals surface area contributed by atoms with E-state index in [1.54, 1.807) is 11.3 Å². The minimum absolute atomic E-state index is 0.188. The van der Waals surface area contributed by atoms with Gasteiger partial charge in [0.2, 0.25) is 0 Å². The van der Waals surface area contributed by atoms with E-state index < -0.39 is 5.97 Å². The van der Waals surface area contributed by atoms with Crippen LogP contribution in [-0.4, -0.2) is 16.1 Å². The second kappa shape index (κ2) is 3.10. The molecule has 4 heteroatoms. The average molecular weight is 197 g/mol. The summed E-state index contributed by atoms with van der Waals surface area (Å²) < 4.78 is 0. The SMILES string of the molecule is Cc1nc2c(s1)CC(C(=O)O)CC2. The molecule has 13 heavy (non-hydrogen) atoms. The Morgan fingerprint density at radius 2 is 2.46 bits per heavy atom. The van der Waals surface area contributed by atoms with Crippen LogP contribution in [0.15, 0.2) is 0 Å². The standard InChI is InChI=1S/C9H11NO2S/c1-5-10-7-3-2-6(9(11)12)4-8(7)13-5/h6H,2-4H2,1H3,(H,11,12).